The highest BCUT2D eigenvalue weighted by Gasteiger charge is 2.10. The van der Waals surface area contributed by atoms with Crippen LogP contribution in [0.5, 0.6) is 5.75 Å². The lowest BCUT2D eigenvalue weighted by Crippen LogP contribution is -2.22. The predicted molar refractivity (Wildman–Crippen MR) is 119 cm³/mol. The maximum Gasteiger partial charge on any atom is 0.255 e. The maximum atomic E-state index is 12.4. The van der Waals surface area contributed by atoms with Crippen molar-refractivity contribution >= 4 is 44.8 Å². The van der Waals surface area contributed by atoms with Gasteiger partial charge in [-0.1, -0.05) is 24.3 Å². The van der Waals surface area contributed by atoms with Crippen LogP contribution in [0.15, 0.2) is 77.3 Å². The lowest BCUT2D eigenvalue weighted by atomic mass is 10.2. The van der Waals surface area contributed by atoms with Crippen molar-refractivity contribution in [3.63, 3.8) is 0 Å². The van der Waals surface area contributed by atoms with Crippen molar-refractivity contribution in [2.75, 3.05) is 29.6 Å². The molecule has 6 nitrogen and oxygen atoms in total. The third-order valence-electron chi connectivity index (χ3n) is 4.10. The van der Waals surface area contributed by atoms with Gasteiger partial charge in [-0.2, -0.15) is 0 Å². The molecule has 0 radical (unpaired) electrons. The summed E-state index contributed by atoms with van der Waals surface area (Å²) in [5, 5.41) is 8.68. The number of methoxy groups -OCH3 is 1. The van der Waals surface area contributed by atoms with E-state index in [1.54, 1.807) is 43.5 Å². The number of nitrogens with one attached hydrogen (secondary N) is 3. The van der Waals surface area contributed by atoms with E-state index in [0.29, 0.717) is 22.7 Å². The molecule has 0 unspecified atom stereocenters. The van der Waals surface area contributed by atoms with Gasteiger partial charge in [0.2, 0.25) is 5.91 Å². The lowest BCUT2D eigenvalue weighted by Gasteiger charge is -2.11. The molecule has 0 aliphatic rings. The number of carbonyl (C=O) groups is 2. The Morgan fingerprint density at radius 3 is 2.21 bits per heavy atom. The van der Waals surface area contributed by atoms with E-state index in [2.05, 4.69) is 31.9 Å². The van der Waals surface area contributed by atoms with E-state index in [0.717, 1.165) is 10.2 Å². The zero-order chi connectivity index (χ0) is 20.6. The standard InChI is InChI=1S/C22H20BrN3O3/c1-29-20-9-5-4-8-19(20)26-22(28)15-10-12-16(13-11-15)25-21(27)14-24-18-7-3-2-6-17(18)23/h2-13,24H,14H2,1H3,(H,25,27)(H,26,28). The van der Waals surface area contributed by atoms with Crippen LogP contribution in [0.4, 0.5) is 17.1 Å². The fourth-order valence-corrected chi connectivity index (χ4v) is 3.06. The molecule has 7 heteroatoms. The molecule has 0 aromatic heterocycles. The fourth-order valence-electron chi connectivity index (χ4n) is 2.63. The first-order chi connectivity index (χ1) is 14.1. The highest BCUT2D eigenvalue weighted by molar-refractivity contribution is 9.10. The molecule has 0 heterocycles. The molecule has 3 aromatic rings. The smallest absolute Gasteiger partial charge is 0.255 e. The molecule has 148 valence electrons. The van der Waals surface area contributed by atoms with Crippen LogP contribution >= 0.6 is 15.9 Å². The SMILES string of the molecule is COc1ccccc1NC(=O)c1ccc(NC(=O)CNc2ccccc2Br)cc1. The molecular formula is C22H20BrN3O3. The highest BCUT2D eigenvalue weighted by atomic mass is 79.9. The topological polar surface area (TPSA) is 79.5 Å². The third-order valence-corrected chi connectivity index (χ3v) is 4.79. The van der Waals surface area contributed by atoms with Crippen molar-refractivity contribution in [2.45, 2.75) is 0 Å². The van der Waals surface area contributed by atoms with Crippen LogP contribution in [0.2, 0.25) is 0 Å². The molecule has 3 aromatic carbocycles. The molecule has 0 saturated carbocycles. The first-order valence-electron chi connectivity index (χ1n) is 8.89. The van der Waals surface area contributed by atoms with Crippen molar-refractivity contribution in [3.8, 4) is 5.75 Å². The molecule has 0 spiro atoms. The van der Waals surface area contributed by atoms with E-state index < -0.39 is 0 Å². The summed E-state index contributed by atoms with van der Waals surface area (Å²) in [6, 6.07) is 21.4. The minimum atomic E-state index is -0.261. The van der Waals surface area contributed by atoms with E-state index >= 15 is 0 Å². The molecule has 29 heavy (non-hydrogen) atoms. The van der Waals surface area contributed by atoms with E-state index in [1.807, 2.05) is 36.4 Å². The fraction of sp³-hybridized carbons (Fsp3) is 0.0909. The molecule has 3 rings (SSSR count). The molecule has 3 N–H and O–H groups in total. The summed E-state index contributed by atoms with van der Waals surface area (Å²) in [5.74, 6) is 0.136. The summed E-state index contributed by atoms with van der Waals surface area (Å²) in [6.07, 6.45) is 0. The first-order valence-corrected chi connectivity index (χ1v) is 9.69. The van der Waals surface area contributed by atoms with Crippen LogP contribution in [-0.4, -0.2) is 25.5 Å². The third kappa shape index (κ3) is 5.58. The molecular weight excluding hydrogens is 434 g/mol. The molecule has 0 aliphatic heterocycles. The van der Waals surface area contributed by atoms with Gasteiger partial charge in [-0.25, -0.2) is 0 Å². The second-order valence-electron chi connectivity index (χ2n) is 6.11. The summed E-state index contributed by atoms with van der Waals surface area (Å²) in [5.41, 5.74) is 2.51. The number of anilines is 3. The Morgan fingerprint density at radius 2 is 1.52 bits per heavy atom. The average Bonchev–Trinajstić information content (AvgIpc) is 2.74. The number of benzene rings is 3. The normalized spacial score (nSPS) is 10.1. The lowest BCUT2D eigenvalue weighted by molar-refractivity contribution is -0.114. The van der Waals surface area contributed by atoms with Crippen molar-refractivity contribution < 1.29 is 14.3 Å². The van der Waals surface area contributed by atoms with Gasteiger partial charge in [0, 0.05) is 21.4 Å². The molecule has 0 saturated heterocycles. The largest absolute Gasteiger partial charge is 0.495 e. The van der Waals surface area contributed by atoms with Crippen LogP contribution in [0.1, 0.15) is 10.4 Å². The van der Waals surface area contributed by atoms with Gasteiger partial charge in [0.1, 0.15) is 5.75 Å². The minimum absolute atomic E-state index is 0.124. The van der Waals surface area contributed by atoms with Gasteiger partial charge < -0.3 is 20.7 Å². The monoisotopic (exact) mass is 453 g/mol. The zero-order valence-electron chi connectivity index (χ0n) is 15.7. The molecule has 0 fully saturated rings. The number of para-hydroxylation sites is 3. The van der Waals surface area contributed by atoms with Crippen molar-refractivity contribution in [3.05, 3.63) is 82.8 Å². The van der Waals surface area contributed by atoms with Crippen LogP contribution in [-0.2, 0) is 4.79 Å². The molecule has 0 bridgehead atoms. The first kappa shape index (κ1) is 20.4. The Morgan fingerprint density at radius 1 is 0.862 bits per heavy atom. The number of hydrogen-bond acceptors (Lipinski definition) is 4. The highest BCUT2D eigenvalue weighted by Crippen LogP contribution is 2.24. The van der Waals surface area contributed by atoms with Gasteiger partial charge in [0.15, 0.2) is 0 Å². The van der Waals surface area contributed by atoms with Gasteiger partial charge in [0.25, 0.3) is 5.91 Å². The Labute approximate surface area is 177 Å². The van der Waals surface area contributed by atoms with Gasteiger partial charge >= 0.3 is 0 Å². The minimum Gasteiger partial charge on any atom is -0.495 e. The summed E-state index contributed by atoms with van der Waals surface area (Å²) >= 11 is 3.43. The van der Waals surface area contributed by atoms with Crippen LogP contribution in [0.3, 0.4) is 0 Å². The number of amides is 2. The molecule has 0 aliphatic carbocycles. The van der Waals surface area contributed by atoms with Gasteiger partial charge in [-0.05, 0) is 64.5 Å². The Kier molecular flexibility index (Phi) is 6.86. The second kappa shape index (κ2) is 9.75. The van der Waals surface area contributed by atoms with E-state index in [-0.39, 0.29) is 18.4 Å². The number of halogens is 1. The zero-order valence-corrected chi connectivity index (χ0v) is 17.3. The van der Waals surface area contributed by atoms with Gasteiger partial charge in [-0.15, -0.1) is 0 Å². The van der Waals surface area contributed by atoms with E-state index in [9.17, 15) is 9.59 Å². The van der Waals surface area contributed by atoms with E-state index in [4.69, 9.17) is 4.74 Å². The number of rotatable bonds is 7. The average molecular weight is 454 g/mol. The number of ether oxygens (including phenoxy) is 1. The van der Waals surface area contributed by atoms with Crippen molar-refractivity contribution in [1.29, 1.82) is 0 Å². The van der Waals surface area contributed by atoms with Crippen LogP contribution < -0.4 is 20.7 Å². The van der Waals surface area contributed by atoms with Crippen molar-refractivity contribution in [2.24, 2.45) is 0 Å². The van der Waals surface area contributed by atoms with Gasteiger partial charge in [0.05, 0.1) is 19.3 Å². The summed E-state index contributed by atoms with van der Waals surface area (Å²) in [6.45, 7) is 0.124. The number of carbonyl (C=O) groups excluding carboxylic acids is 2. The Bertz CT molecular complexity index is 1010. The predicted octanol–water partition coefficient (Wildman–Crippen LogP) is 4.76. The summed E-state index contributed by atoms with van der Waals surface area (Å²) < 4.78 is 6.12. The van der Waals surface area contributed by atoms with Gasteiger partial charge in [-0.3, -0.25) is 9.59 Å². The molecule has 2 amide bonds. The van der Waals surface area contributed by atoms with Crippen LogP contribution in [0.25, 0.3) is 0 Å². The summed E-state index contributed by atoms with van der Waals surface area (Å²) in [7, 11) is 1.55. The second-order valence-corrected chi connectivity index (χ2v) is 6.97. The van der Waals surface area contributed by atoms with Crippen molar-refractivity contribution in [1.82, 2.24) is 0 Å². The summed E-state index contributed by atoms with van der Waals surface area (Å²) in [4.78, 5) is 24.6. The quantitative estimate of drug-likeness (QED) is 0.481. The number of hydrogen-bond donors (Lipinski definition) is 3. The molecule has 0 atom stereocenters. The Balaban J connectivity index is 1.56. The maximum absolute atomic E-state index is 12.4. The Hall–Kier alpha value is -3.32. The van der Waals surface area contributed by atoms with E-state index in [1.165, 1.54) is 0 Å². The van der Waals surface area contributed by atoms with Crippen LogP contribution in [0, 0.1) is 0 Å².